The van der Waals surface area contributed by atoms with Crippen molar-refractivity contribution in [1.29, 1.82) is 0 Å². The average molecular weight is 343 g/mol. The number of amides is 1. The van der Waals surface area contributed by atoms with Gasteiger partial charge in [0.15, 0.2) is 0 Å². The Labute approximate surface area is 142 Å². The van der Waals surface area contributed by atoms with Crippen molar-refractivity contribution in [3.05, 3.63) is 57.7 Å². The molecule has 1 atom stereocenters. The van der Waals surface area contributed by atoms with Gasteiger partial charge in [-0.1, -0.05) is 0 Å². The Kier molecular flexibility index (Phi) is 3.87. The molecule has 3 aromatic rings. The molecule has 23 heavy (non-hydrogen) atoms. The highest BCUT2D eigenvalue weighted by molar-refractivity contribution is 8.00. The summed E-state index contributed by atoms with van der Waals surface area (Å²) in [6.07, 6.45) is 5.05. The molecular formula is C17H17N3OS2. The van der Waals surface area contributed by atoms with Gasteiger partial charge in [0.05, 0.1) is 12.2 Å². The number of rotatable bonds is 3. The molecule has 4 heterocycles. The van der Waals surface area contributed by atoms with Gasteiger partial charge in [0, 0.05) is 17.3 Å². The van der Waals surface area contributed by atoms with Crippen LogP contribution in [0.2, 0.25) is 0 Å². The summed E-state index contributed by atoms with van der Waals surface area (Å²) in [5.41, 5.74) is 4.17. The van der Waals surface area contributed by atoms with Gasteiger partial charge < -0.3 is 9.72 Å². The number of thioether (sulfide) groups is 1. The van der Waals surface area contributed by atoms with Crippen molar-refractivity contribution in [1.82, 2.24) is 14.7 Å². The van der Waals surface area contributed by atoms with E-state index < -0.39 is 0 Å². The zero-order valence-electron chi connectivity index (χ0n) is 12.8. The smallest absolute Gasteiger partial charge is 0.237 e. The van der Waals surface area contributed by atoms with Crippen molar-refractivity contribution >= 4 is 34.7 Å². The van der Waals surface area contributed by atoms with E-state index in [2.05, 4.69) is 28.7 Å². The van der Waals surface area contributed by atoms with Crippen LogP contribution in [0.25, 0.3) is 5.65 Å². The maximum Gasteiger partial charge on any atom is 0.237 e. The molecule has 0 aliphatic carbocycles. The summed E-state index contributed by atoms with van der Waals surface area (Å²) in [4.78, 5) is 18.5. The lowest BCUT2D eigenvalue weighted by Gasteiger charge is -2.21. The minimum atomic E-state index is -0.0794. The number of thiophene rings is 1. The minimum absolute atomic E-state index is 0.0794. The van der Waals surface area contributed by atoms with Crippen LogP contribution in [0.4, 0.5) is 0 Å². The largest absolute Gasteiger partial charge is 0.349 e. The Morgan fingerprint density at radius 3 is 3.30 bits per heavy atom. The van der Waals surface area contributed by atoms with E-state index in [1.807, 2.05) is 28.9 Å². The molecule has 3 aromatic heterocycles. The molecule has 118 valence electrons. The number of nitrogens with zero attached hydrogens (tertiary/aromatic N) is 2. The molecule has 4 nitrogen and oxygen atoms in total. The van der Waals surface area contributed by atoms with E-state index in [9.17, 15) is 4.79 Å². The molecule has 1 aliphatic rings. The molecule has 4 rings (SSSR count). The van der Waals surface area contributed by atoms with Crippen LogP contribution in [0.15, 0.2) is 36.0 Å². The molecule has 1 aliphatic heterocycles. The van der Waals surface area contributed by atoms with Gasteiger partial charge in [0.25, 0.3) is 0 Å². The van der Waals surface area contributed by atoms with Crippen molar-refractivity contribution in [3.8, 4) is 0 Å². The van der Waals surface area contributed by atoms with Crippen molar-refractivity contribution in [2.45, 2.75) is 25.1 Å². The monoisotopic (exact) mass is 343 g/mol. The Balaban J connectivity index is 1.47. The zero-order valence-corrected chi connectivity index (χ0v) is 14.4. The molecule has 1 amide bonds. The summed E-state index contributed by atoms with van der Waals surface area (Å²) >= 11 is 3.49. The highest BCUT2D eigenvalue weighted by Gasteiger charge is 2.27. The van der Waals surface area contributed by atoms with E-state index in [4.69, 9.17) is 0 Å². The van der Waals surface area contributed by atoms with Gasteiger partial charge >= 0.3 is 0 Å². The highest BCUT2D eigenvalue weighted by Crippen LogP contribution is 2.39. The zero-order chi connectivity index (χ0) is 15.8. The van der Waals surface area contributed by atoms with Gasteiger partial charge in [0.1, 0.15) is 10.9 Å². The van der Waals surface area contributed by atoms with E-state index >= 15 is 0 Å². The van der Waals surface area contributed by atoms with E-state index in [-0.39, 0.29) is 11.2 Å². The summed E-state index contributed by atoms with van der Waals surface area (Å²) in [6, 6.07) is 6.18. The third-order valence-corrected chi connectivity index (χ3v) is 6.26. The summed E-state index contributed by atoms with van der Waals surface area (Å²) in [5.74, 6) is 1.10. The number of hydrogen-bond acceptors (Lipinski definition) is 4. The lowest BCUT2D eigenvalue weighted by molar-refractivity contribution is -0.120. The first-order valence-corrected chi connectivity index (χ1v) is 9.53. The van der Waals surface area contributed by atoms with Crippen LogP contribution in [0.3, 0.4) is 0 Å². The molecule has 0 fully saturated rings. The van der Waals surface area contributed by atoms with Gasteiger partial charge in [-0.3, -0.25) is 4.79 Å². The predicted molar refractivity (Wildman–Crippen MR) is 95.0 cm³/mol. The second kappa shape index (κ2) is 6.02. The summed E-state index contributed by atoms with van der Waals surface area (Å²) < 4.78 is 1.99. The highest BCUT2D eigenvalue weighted by atomic mass is 32.2. The van der Waals surface area contributed by atoms with Gasteiger partial charge in [0.2, 0.25) is 5.91 Å². The number of pyridine rings is 1. The van der Waals surface area contributed by atoms with Crippen molar-refractivity contribution < 1.29 is 4.79 Å². The number of fused-ring (bicyclic) bond motifs is 2. The molecule has 1 N–H and O–H groups in total. The first kappa shape index (κ1) is 14.8. The van der Waals surface area contributed by atoms with Crippen molar-refractivity contribution in [2.24, 2.45) is 0 Å². The number of nitrogens with one attached hydrogen (secondary N) is 1. The fraction of sp³-hybridized carbons (Fsp3) is 0.294. The predicted octanol–water partition coefficient (Wildman–Crippen LogP) is 3.35. The quantitative estimate of drug-likeness (QED) is 0.793. The Bertz CT molecular complexity index is 868. The summed E-state index contributed by atoms with van der Waals surface area (Å²) in [5, 5.41) is 5.05. The maximum atomic E-state index is 12.5. The topological polar surface area (TPSA) is 46.4 Å². The first-order chi connectivity index (χ1) is 11.2. The Morgan fingerprint density at radius 1 is 1.48 bits per heavy atom. The third-order valence-electron chi connectivity index (χ3n) is 4.02. The van der Waals surface area contributed by atoms with Crippen molar-refractivity contribution in [3.63, 3.8) is 0 Å². The second-order valence-corrected chi connectivity index (χ2v) is 7.93. The third kappa shape index (κ3) is 2.88. The number of aryl methyl sites for hydroxylation is 2. The Morgan fingerprint density at radius 2 is 2.39 bits per heavy atom. The van der Waals surface area contributed by atoms with E-state index in [1.54, 1.807) is 23.1 Å². The number of carbonyl (C=O) groups is 1. The normalized spacial score (nSPS) is 17.2. The van der Waals surface area contributed by atoms with Crippen LogP contribution < -0.4 is 5.32 Å². The minimum Gasteiger partial charge on any atom is -0.349 e. The van der Waals surface area contributed by atoms with Crippen molar-refractivity contribution in [2.75, 3.05) is 5.75 Å². The molecule has 0 aromatic carbocycles. The van der Waals surface area contributed by atoms with Crippen LogP contribution in [0.5, 0.6) is 0 Å². The van der Waals surface area contributed by atoms with Gasteiger partial charge in [-0.05, 0) is 53.8 Å². The van der Waals surface area contributed by atoms with Gasteiger partial charge in [-0.15, -0.1) is 23.1 Å². The van der Waals surface area contributed by atoms with E-state index in [1.165, 1.54) is 16.0 Å². The van der Waals surface area contributed by atoms with Gasteiger partial charge in [-0.2, -0.15) is 0 Å². The molecule has 0 saturated heterocycles. The standard InChI is InChI=1S/C17H17N3OS2/c1-11-2-5-20-10-12(19-15(20)8-11)9-18-17(21)16-13-3-6-22-14(13)4-7-23-16/h2-3,5-6,8,10,16H,4,7,9H2,1H3,(H,18,21)/t16-/m1/s1. The molecule has 0 bridgehead atoms. The molecule has 0 radical (unpaired) electrons. The average Bonchev–Trinajstić information content (AvgIpc) is 3.17. The first-order valence-electron chi connectivity index (χ1n) is 7.60. The SMILES string of the molecule is Cc1ccn2cc(CNC(=O)[C@@H]3SCCc4sccc43)nc2c1. The molecular weight excluding hydrogens is 326 g/mol. The number of imidazole rings is 1. The van der Waals surface area contributed by atoms with Crippen LogP contribution in [0.1, 0.15) is 26.9 Å². The van der Waals surface area contributed by atoms with Crippen LogP contribution in [-0.4, -0.2) is 21.0 Å². The second-order valence-electron chi connectivity index (χ2n) is 5.72. The summed E-state index contributed by atoms with van der Waals surface area (Å²) in [6.45, 7) is 2.52. The van der Waals surface area contributed by atoms with Crippen LogP contribution >= 0.6 is 23.1 Å². The maximum absolute atomic E-state index is 12.5. The molecule has 0 unspecified atom stereocenters. The Hall–Kier alpha value is -1.79. The van der Waals surface area contributed by atoms with Crippen LogP contribution in [0, 0.1) is 6.92 Å². The number of carbonyl (C=O) groups excluding carboxylic acids is 1. The number of aromatic nitrogens is 2. The van der Waals surface area contributed by atoms with Crippen LogP contribution in [-0.2, 0) is 17.8 Å². The van der Waals surface area contributed by atoms with Gasteiger partial charge in [-0.25, -0.2) is 4.98 Å². The fourth-order valence-corrected chi connectivity index (χ4v) is 5.17. The molecule has 0 saturated carbocycles. The number of hydrogen-bond donors (Lipinski definition) is 1. The fourth-order valence-electron chi connectivity index (χ4n) is 2.86. The van der Waals surface area contributed by atoms with E-state index in [0.29, 0.717) is 6.54 Å². The lowest BCUT2D eigenvalue weighted by Crippen LogP contribution is -2.29. The lowest BCUT2D eigenvalue weighted by atomic mass is 10.1. The summed E-state index contributed by atoms with van der Waals surface area (Å²) in [7, 11) is 0. The van der Waals surface area contributed by atoms with E-state index in [0.717, 1.165) is 23.5 Å². The molecule has 6 heteroatoms. The molecule has 0 spiro atoms.